The topological polar surface area (TPSA) is 40.6 Å². The number of likely N-dealkylation sites (tertiary alicyclic amines) is 1. The van der Waals surface area contributed by atoms with Crippen molar-refractivity contribution in [2.24, 2.45) is 5.92 Å². The Morgan fingerprint density at radius 1 is 1.07 bits per heavy atom. The molecule has 154 valence electrons. The van der Waals surface area contributed by atoms with Crippen LogP contribution in [0.4, 0.5) is 0 Å². The Hall–Kier alpha value is -2.46. The molecule has 1 aliphatic heterocycles. The van der Waals surface area contributed by atoms with Gasteiger partial charge in [0, 0.05) is 32.2 Å². The number of rotatable bonds is 7. The van der Waals surface area contributed by atoms with Crippen LogP contribution in [0.25, 0.3) is 0 Å². The number of piperidine rings is 1. The molecule has 1 atom stereocenters. The van der Waals surface area contributed by atoms with E-state index in [1.807, 2.05) is 13.1 Å². The molecule has 29 heavy (non-hydrogen) atoms. The summed E-state index contributed by atoms with van der Waals surface area (Å²) in [6, 6.07) is 15.7. The second kappa shape index (κ2) is 9.84. The molecule has 0 unspecified atom stereocenters. The maximum atomic E-state index is 12.9. The minimum Gasteiger partial charge on any atom is -0.341 e. The Bertz CT molecular complexity index is 861. The minimum absolute atomic E-state index is 0.0622. The number of carbonyl (C=O) groups is 2. The maximum Gasteiger partial charge on any atom is 0.254 e. The van der Waals surface area contributed by atoms with Crippen molar-refractivity contribution in [2.75, 3.05) is 33.2 Å². The Kier molecular flexibility index (Phi) is 7.21. The van der Waals surface area contributed by atoms with E-state index < -0.39 is 0 Å². The fraction of sp³-hybridized carbons (Fsp3) is 0.440. The van der Waals surface area contributed by atoms with Gasteiger partial charge in [0.05, 0.1) is 5.56 Å². The molecule has 1 fully saturated rings. The number of hydrogen-bond acceptors (Lipinski definition) is 3. The summed E-state index contributed by atoms with van der Waals surface area (Å²) >= 11 is 0. The smallest absolute Gasteiger partial charge is 0.254 e. The van der Waals surface area contributed by atoms with Gasteiger partial charge in [-0.2, -0.15) is 0 Å². The van der Waals surface area contributed by atoms with Crippen LogP contribution >= 0.6 is 0 Å². The lowest BCUT2D eigenvalue weighted by molar-refractivity contribution is 0.0726. The molecule has 0 N–H and O–H groups in total. The van der Waals surface area contributed by atoms with Crippen LogP contribution in [0.3, 0.4) is 0 Å². The Balaban J connectivity index is 1.56. The first-order valence-corrected chi connectivity index (χ1v) is 10.6. The van der Waals surface area contributed by atoms with Crippen molar-refractivity contribution >= 4 is 11.7 Å². The van der Waals surface area contributed by atoms with Gasteiger partial charge in [0.15, 0.2) is 5.78 Å². The van der Waals surface area contributed by atoms with Gasteiger partial charge in [-0.3, -0.25) is 9.59 Å². The summed E-state index contributed by atoms with van der Waals surface area (Å²) in [5, 5.41) is 0. The van der Waals surface area contributed by atoms with Crippen molar-refractivity contribution in [3.05, 3.63) is 70.8 Å². The second-order valence-corrected chi connectivity index (χ2v) is 8.27. The molecule has 0 saturated carbocycles. The van der Waals surface area contributed by atoms with E-state index in [0.29, 0.717) is 17.0 Å². The van der Waals surface area contributed by atoms with Crippen molar-refractivity contribution in [3.8, 4) is 0 Å². The third-order valence-electron chi connectivity index (χ3n) is 5.98. The van der Waals surface area contributed by atoms with E-state index in [4.69, 9.17) is 0 Å². The van der Waals surface area contributed by atoms with Crippen molar-refractivity contribution in [1.82, 2.24) is 9.80 Å². The first-order chi connectivity index (χ1) is 14.0. The highest BCUT2D eigenvalue weighted by molar-refractivity contribution is 6.07. The number of Topliss-reactive ketones (excluding diaryl/α,β-unsaturated/α-hetero) is 1. The van der Waals surface area contributed by atoms with Gasteiger partial charge in [-0.05, 0) is 62.8 Å². The van der Waals surface area contributed by atoms with Crippen LogP contribution in [0.2, 0.25) is 0 Å². The largest absolute Gasteiger partial charge is 0.341 e. The minimum atomic E-state index is -0.0672. The lowest BCUT2D eigenvalue weighted by Crippen LogP contribution is -2.42. The average Bonchev–Trinajstić information content (AvgIpc) is 2.73. The van der Waals surface area contributed by atoms with Gasteiger partial charge in [-0.1, -0.05) is 42.5 Å². The molecule has 3 rings (SSSR count). The van der Waals surface area contributed by atoms with Crippen LogP contribution in [0.1, 0.15) is 51.6 Å². The van der Waals surface area contributed by atoms with Gasteiger partial charge in [0.2, 0.25) is 0 Å². The van der Waals surface area contributed by atoms with Gasteiger partial charge >= 0.3 is 0 Å². The van der Waals surface area contributed by atoms with Crippen LogP contribution < -0.4 is 0 Å². The number of ketones is 1. The monoisotopic (exact) mass is 392 g/mol. The van der Waals surface area contributed by atoms with E-state index in [9.17, 15) is 9.59 Å². The van der Waals surface area contributed by atoms with Crippen molar-refractivity contribution in [2.45, 2.75) is 33.1 Å². The molecule has 0 bridgehead atoms. The van der Waals surface area contributed by atoms with Gasteiger partial charge in [-0.15, -0.1) is 0 Å². The number of carbonyl (C=O) groups excluding carboxylic acids is 2. The van der Waals surface area contributed by atoms with E-state index in [1.165, 1.54) is 24.5 Å². The van der Waals surface area contributed by atoms with Gasteiger partial charge in [-0.25, -0.2) is 0 Å². The number of amides is 1. The first kappa shape index (κ1) is 21.3. The molecule has 1 amide bonds. The van der Waals surface area contributed by atoms with Crippen molar-refractivity contribution in [3.63, 3.8) is 0 Å². The molecular formula is C25H32N2O2. The van der Waals surface area contributed by atoms with Crippen molar-refractivity contribution < 1.29 is 9.59 Å². The molecule has 1 saturated heterocycles. The zero-order valence-corrected chi connectivity index (χ0v) is 17.9. The molecule has 0 aromatic heterocycles. The number of benzene rings is 2. The van der Waals surface area contributed by atoms with Crippen LogP contribution in [-0.4, -0.2) is 54.7 Å². The number of aryl methyl sites for hydroxylation is 1. The van der Waals surface area contributed by atoms with E-state index in [2.05, 4.69) is 36.1 Å². The summed E-state index contributed by atoms with van der Waals surface area (Å²) in [5.41, 5.74) is 3.79. The highest BCUT2D eigenvalue weighted by Gasteiger charge is 2.24. The first-order valence-electron chi connectivity index (χ1n) is 10.6. The molecule has 4 heteroatoms. The SMILES string of the molecule is CC(=O)c1ccccc1C(=O)N(C)C[C@H]1CCCN(CCc2ccccc2C)C1. The third kappa shape index (κ3) is 5.54. The summed E-state index contributed by atoms with van der Waals surface area (Å²) in [6.45, 7) is 7.64. The molecular weight excluding hydrogens is 360 g/mol. The maximum absolute atomic E-state index is 12.9. The quantitative estimate of drug-likeness (QED) is 0.662. The summed E-state index contributed by atoms with van der Waals surface area (Å²) in [7, 11) is 1.85. The molecule has 1 aliphatic rings. The van der Waals surface area contributed by atoms with E-state index in [-0.39, 0.29) is 11.7 Å². The normalized spacial score (nSPS) is 17.1. The molecule has 0 aliphatic carbocycles. The highest BCUT2D eigenvalue weighted by atomic mass is 16.2. The van der Waals surface area contributed by atoms with Crippen molar-refractivity contribution in [1.29, 1.82) is 0 Å². The number of nitrogens with zero attached hydrogens (tertiary/aromatic N) is 2. The Morgan fingerprint density at radius 2 is 1.76 bits per heavy atom. The highest BCUT2D eigenvalue weighted by Crippen LogP contribution is 2.20. The van der Waals surface area contributed by atoms with Crippen LogP contribution in [0.5, 0.6) is 0 Å². The predicted molar refractivity (Wildman–Crippen MR) is 117 cm³/mol. The summed E-state index contributed by atoms with van der Waals surface area (Å²) < 4.78 is 0. The van der Waals surface area contributed by atoms with E-state index in [0.717, 1.165) is 39.0 Å². The molecule has 2 aromatic rings. The van der Waals surface area contributed by atoms with Gasteiger partial charge in [0.25, 0.3) is 5.91 Å². The van der Waals surface area contributed by atoms with Crippen LogP contribution in [0.15, 0.2) is 48.5 Å². The molecule has 0 radical (unpaired) electrons. The third-order valence-corrected chi connectivity index (χ3v) is 5.98. The van der Waals surface area contributed by atoms with Gasteiger partial charge < -0.3 is 9.80 Å². The Labute approximate surface area is 174 Å². The van der Waals surface area contributed by atoms with Crippen LogP contribution in [0, 0.1) is 12.8 Å². The average molecular weight is 393 g/mol. The molecule has 1 heterocycles. The second-order valence-electron chi connectivity index (χ2n) is 8.27. The molecule has 0 spiro atoms. The fourth-order valence-electron chi connectivity index (χ4n) is 4.33. The predicted octanol–water partition coefficient (Wildman–Crippen LogP) is 4.22. The van der Waals surface area contributed by atoms with Gasteiger partial charge in [0.1, 0.15) is 0 Å². The fourth-order valence-corrected chi connectivity index (χ4v) is 4.33. The molecule has 2 aromatic carbocycles. The summed E-state index contributed by atoms with van der Waals surface area (Å²) in [4.78, 5) is 29.1. The summed E-state index contributed by atoms with van der Waals surface area (Å²) in [6.07, 6.45) is 3.39. The lowest BCUT2D eigenvalue weighted by atomic mass is 9.96. The lowest BCUT2D eigenvalue weighted by Gasteiger charge is -2.35. The standard InChI is InChI=1S/C25H32N2O2/c1-19-9-4-5-11-22(19)14-16-27-15-8-10-21(18-27)17-26(3)25(29)24-13-7-6-12-23(24)20(2)28/h4-7,9,11-13,21H,8,10,14-18H2,1-3H3/t21-/m1/s1. The summed E-state index contributed by atoms with van der Waals surface area (Å²) in [5.74, 6) is 0.342. The Morgan fingerprint density at radius 3 is 2.48 bits per heavy atom. The zero-order valence-electron chi connectivity index (χ0n) is 17.9. The zero-order chi connectivity index (χ0) is 20.8. The van der Waals surface area contributed by atoms with E-state index in [1.54, 1.807) is 23.1 Å². The molecule has 4 nitrogen and oxygen atoms in total. The van der Waals surface area contributed by atoms with E-state index >= 15 is 0 Å². The number of hydrogen-bond donors (Lipinski definition) is 0. The van der Waals surface area contributed by atoms with Crippen LogP contribution in [-0.2, 0) is 6.42 Å².